The minimum absolute atomic E-state index is 0.653. The van der Waals surface area contributed by atoms with Crippen LogP contribution in [0.2, 0.25) is 0 Å². The maximum absolute atomic E-state index is 3.87. The highest BCUT2D eigenvalue weighted by Crippen LogP contribution is 1.81. The second kappa shape index (κ2) is 2.42. The van der Waals surface area contributed by atoms with Crippen LogP contribution in [0.1, 0.15) is 0 Å². The third-order valence-corrected chi connectivity index (χ3v) is 0.876. The van der Waals surface area contributed by atoms with Crippen LogP contribution < -0.4 is 5.43 Å². The van der Waals surface area contributed by atoms with Crippen molar-refractivity contribution in [3.8, 4) is 0 Å². The Kier molecular flexibility index (Phi) is 1.58. The lowest BCUT2D eigenvalue weighted by Gasteiger charge is -2.15. The highest BCUT2D eigenvalue weighted by Gasteiger charge is 1.93. The minimum atomic E-state index is 0.653. The molecule has 0 unspecified atom stereocenters. The van der Waals surface area contributed by atoms with E-state index in [4.69, 9.17) is 0 Å². The van der Waals surface area contributed by atoms with Gasteiger partial charge in [0.2, 0.25) is 0 Å². The zero-order valence-corrected chi connectivity index (χ0v) is 4.70. The van der Waals surface area contributed by atoms with Crippen LogP contribution in [-0.4, -0.2) is 31.4 Å². The molecule has 0 aromatic heterocycles. The lowest BCUT2D eigenvalue weighted by molar-refractivity contribution is 0.358. The molecule has 0 aromatic carbocycles. The van der Waals surface area contributed by atoms with Crippen molar-refractivity contribution in [2.24, 2.45) is 9.98 Å². The summed E-state index contributed by atoms with van der Waals surface area (Å²) in [6.45, 7) is 0.653. The van der Waals surface area contributed by atoms with Crippen molar-refractivity contribution in [2.45, 2.75) is 0 Å². The second-order valence-electron chi connectivity index (χ2n) is 1.40. The summed E-state index contributed by atoms with van der Waals surface area (Å²) in [5.74, 6) is 0. The molecule has 0 fully saturated rings. The fraction of sp³-hybridized carbons (Fsp3) is 0.500. The normalized spacial score (nSPS) is 17.4. The van der Waals surface area contributed by atoms with E-state index in [2.05, 4.69) is 15.4 Å². The molecule has 0 atom stereocenters. The first kappa shape index (κ1) is 5.24. The summed E-state index contributed by atoms with van der Waals surface area (Å²) in [6.07, 6.45) is 3.22. The molecule has 0 amide bonds. The zero-order chi connectivity index (χ0) is 5.82. The van der Waals surface area contributed by atoms with Gasteiger partial charge < -0.3 is 0 Å². The Morgan fingerprint density at radius 3 is 3.00 bits per heavy atom. The smallest absolute Gasteiger partial charge is 0.127 e. The van der Waals surface area contributed by atoms with Crippen molar-refractivity contribution in [2.75, 3.05) is 13.7 Å². The van der Waals surface area contributed by atoms with E-state index in [1.54, 1.807) is 11.3 Å². The quantitative estimate of drug-likeness (QED) is 0.494. The van der Waals surface area contributed by atoms with Gasteiger partial charge in [0, 0.05) is 7.05 Å². The Morgan fingerprint density at radius 2 is 2.62 bits per heavy atom. The number of aliphatic imine (C=N–C) groups is 2. The third-order valence-electron chi connectivity index (χ3n) is 0.876. The van der Waals surface area contributed by atoms with Crippen molar-refractivity contribution >= 4 is 12.7 Å². The first-order valence-electron chi connectivity index (χ1n) is 2.39. The Labute approximate surface area is 47.9 Å². The van der Waals surface area contributed by atoms with Gasteiger partial charge >= 0.3 is 0 Å². The van der Waals surface area contributed by atoms with Gasteiger partial charge in [-0.2, -0.15) is 0 Å². The number of rotatable bonds is 1. The van der Waals surface area contributed by atoms with Gasteiger partial charge in [-0.3, -0.25) is 10.0 Å². The molecule has 4 nitrogen and oxygen atoms in total. The van der Waals surface area contributed by atoms with Gasteiger partial charge in [-0.25, -0.2) is 10.4 Å². The second-order valence-corrected chi connectivity index (χ2v) is 1.40. The molecule has 1 aliphatic rings. The van der Waals surface area contributed by atoms with E-state index in [9.17, 15) is 0 Å². The number of nitrogens with one attached hydrogen (secondary N) is 1. The van der Waals surface area contributed by atoms with E-state index in [1.165, 1.54) is 6.34 Å². The highest BCUT2D eigenvalue weighted by atomic mass is 15.5. The molecule has 44 valence electrons. The average molecular weight is 112 g/mol. The maximum atomic E-state index is 3.87. The molecule has 0 radical (unpaired) electrons. The molecule has 1 heterocycles. The van der Waals surface area contributed by atoms with E-state index >= 15 is 0 Å². The first-order chi connectivity index (χ1) is 3.93. The topological polar surface area (TPSA) is 40.0 Å². The molecule has 1 rings (SSSR count). The molecule has 1 aliphatic heterocycles. The third kappa shape index (κ3) is 1.04. The fourth-order valence-electron chi connectivity index (χ4n) is 0.447. The number of hydrogen-bond acceptors (Lipinski definition) is 4. The number of hydrazine groups is 1. The molecule has 4 heteroatoms. The van der Waals surface area contributed by atoms with Crippen LogP contribution in [0.5, 0.6) is 0 Å². The molecule has 0 spiro atoms. The summed E-state index contributed by atoms with van der Waals surface area (Å²) in [6, 6.07) is 0. The molecule has 8 heavy (non-hydrogen) atoms. The van der Waals surface area contributed by atoms with Gasteiger partial charge in [-0.15, -0.1) is 0 Å². The lowest BCUT2D eigenvalue weighted by Crippen LogP contribution is -2.35. The summed E-state index contributed by atoms with van der Waals surface area (Å²) >= 11 is 0. The Bertz CT molecular complexity index is 117. The van der Waals surface area contributed by atoms with Crippen LogP contribution in [0.15, 0.2) is 9.98 Å². The Balaban J connectivity index is 2.40. The molecule has 0 aromatic rings. The molecule has 0 bridgehead atoms. The monoisotopic (exact) mass is 112 g/mol. The largest absolute Gasteiger partial charge is 0.277 e. The van der Waals surface area contributed by atoms with Gasteiger partial charge in [-0.05, 0) is 0 Å². The van der Waals surface area contributed by atoms with Crippen LogP contribution in [0, 0.1) is 0 Å². The van der Waals surface area contributed by atoms with Crippen LogP contribution in [0.4, 0.5) is 0 Å². The van der Waals surface area contributed by atoms with Crippen LogP contribution in [0.25, 0.3) is 0 Å². The predicted molar refractivity (Wildman–Crippen MR) is 32.7 cm³/mol. The van der Waals surface area contributed by atoms with E-state index in [-0.39, 0.29) is 0 Å². The summed E-state index contributed by atoms with van der Waals surface area (Å²) in [4.78, 5) is 7.65. The van der Waals surface area contributed by atoms with Gasteiger partial charge in [0.15, 0.2) is 0 Å². The van der Waals surface area contributed by atoms with Crippen molar-refractivity contribution in [1.29, 1.82) is 0 Å². The Hall–Kier alpha value is -0.900. The SMILES string of the molecule is CNN1C=NC=NC1. The molecule has 0 saturated carbocycles. The molecular formula is C4H8N4. The molecule has 0 saturated heterocycles. The van der Waals surface area contributed by atoms with E-state index in [1.807, 2.05) is 7.05 Å². The van der Waals surface area contributed by atoms with Gasteiger partial charge in [0.1, 0.15) is 19.3 Å². The zero-order valence-electron chi connectivity index (χ0n) is 4.70. The summed E-state index contributed by atoms with van der Waals surface area (Å²) in [5, 5.41) is 1.78. The van der Waals surface area contributed by atoms with Crippen molar-refractivity contribution < 1.29 is 0 Å². The highest BCUT2D eigenvalue weighted by molar-refractivity contribution is 5.72. The van der Waals surface area contributed by atoms with E-state index in [0.29, 0.717) is 6.67 Å². The van der Waals surface area contributed by atoms with Gasteiger partial charge in [0.05, 0.1) is 0 Å². The summed E-state index contributed by atoms with van der Waals surface area (Å²) in [5.41, 5.74) is 2.87. The molecule has 1 N–H and O–H groups in total. The van der Waals surface area contributed by atoms with E-state index < -0.39 is 0 Å². The molecular weight excluding hydrogens is 104 g/mol. The Morgan fingerprint density at radius 1 is 1.75 bits per heavy atom. The van der Waals surface area contributed by atoms with Crippen LogP contribution in [0.3, 0.4) is 0 Å². The van der Waals surface area contributed by atoms with Crippen molar-refractivity contribution in [1.82, 2.24) is 10.4 Å². The van der Waals surface area contributed by atoms with Crippen molar-refractivity contribution in [3.05, 3.63) is 0 Å². The van der Waals surface area contributed by atoms with Gasteiger partial charge in [0.25, 0.3) is 0 Å². The lowest BCUT2D eigenvalue weighted by atomic mass is 10.9. The average Bonchev–Trinajstić information content (AvgIpc) is 1.90. The summed E-state index contributed by atoms with van der Waals surface area (Å²) < 4.78 is 0. The van der Waals surface area contributed by atoms with Crippen LogP contribution >= 0.6 is 0 Å². The maximum Gasteiger partial charge on any atom is 0.127 e. The predicted octanol–water partition coefficient (Wildman–Crippen LogP) is -0.550. The standard InChI is InChI=1S/C4H8N4/c1-5-8-3-6-2-7-4-8/h2-3,5H,4H2,1H3. The van der Waals surface area contributed by atoms with Crippen molar-refractivity contribution in [3.63, 3.8) is 0 Å². The first-order valence-corrected chi connectivity index (χ1v) is 2.39. The molecule has 0 aliphatic carbocycles. The number of nitrogens with zero attached hydrogens (tertiary/aromatic N) is 3. The number of hydrogen-bond donors (Lipinski definition) is 1. The summed E-state index contributed by atoms with van der Waals surface area (Å²) in [7, 11) is 1.83. The van der Waals surface area contributed by atoms with E-state index in [0.717, 1.165) is 0 Å². The minimum Gasteiger partial charge on any atom is -0.277 e. The van der Waals surface area contributed by atoms with Gasteiger partial charge in [-0.1, -0.05) is 0 Å². The van der Waals surface area contributed by atoms with Crippen LogP contribution in [-0.2, 0) is 0 Å². The fourth-order valence-corrected chi connectivity index (χ4v) is 0.447.